The summed E-state index contributed by atoms with van der Waals surface area (Å²) in [6, 6.07) is 15.0. The highest BCUT2D eigenvalue weighted by molar-refractivity contribution is 7.17. The van der Waals surface area contributed by atoms with E-state index in [1.165, 1.54) is 46.2 Å². The van der Waals surface area contributed by atoms with Crippen molar-refractivity contribution in [2.24, 2.45) is 0 Å². The molecule has 1 aliphatic rings. The number of nitrogens with zero attached hydrogens (tertiary/aromatic N) is 2. The molecule has 30 heavy (non-hydrogen) atoms. The predicted molar refractivity (Wildman–Crippen MR) is 121 cm³/mol. The van der Waals surface area contributed by atoms with Gasteiger partial charge in [-0.05, 0) is 49.3 Å². The van der Waals surface area contributed by atoms with Crippen molar-refractivity contribution >= 4 is 27.3 Å². The highest BCUT2D eigenvalue weighted by Gasteiger charge is 2.21. The highest BCUT2D eigenvalue weighted by atomic mass is 32.1. The summed E-state index contributed by atoms with van der Waals surface area (Å²) in [4.78, 5) is 31.5. The third-order valence-corrected chi connectivity index (χ3v) is 6.92. The van der Waals surface area contributed by atoms with E-state index in [-0.39, 0.29) is 11.3 Å². The smallest absolute Gasteiger partial charge is 0.263 e. The predicted octanol–water partition coefficient (Wildman–Crippen LogP) is 5.45. The van der Waals surface area contributed by atoms with Crippen LogP contribution in [0.15, 0.2) is 65.0 Å². The standard InChI is InChI=1S/C25H22N2O2S/c1-16(23(28)18-8-3-2-4-9-18)27-15-26-24-22(25(27)29)21(14-30-24)20-12-11-17-7-5-6-10-19(17)13-20/h2-4,8-9,11-16H,5-7,10H2,1H3/t16-/m1/s1. The van der Waals surface area contributed by atoms with Gasteiger partial charge in [-0.25, -0.2) is 4.98 Å². The van der Waals surface area contributed by atoms with Crippen molar-refractivity contribution in [2.75, 3.05) is 0 Å². The summed E-state index contributed by atoms with van der Waals surface area (Å²) in [6.45, 7) is 1.76. The summed E-state index contributed by atoms with van der Waals surface area (Å²) in [7, 11) is 0. The van der Waals surface area contributed by atoms with Crippen LogP contribution >= 0.6 is 11.3 Å². The molecule has 1 aliphatic carbocycles. The lowest BCUT2D eigenvalue weighted by Crippen LogP contribution is -2.28. The maximum Gasteiger partial charge on any atom is 0.263 e. The number of carbonyl (C=O) groups is 1. The molecule has 1 atom stereocenters. The molecule has 150 valence electrons. The summed E-state index contributed by atoms with van der Waals surface area (Å²) in [5, 5.41) is 2.61. The minimum absolute atomic E-state index is 0.0931. The molecule has 5 heteroatoms. The Kier molecular flexibility index (Phi) is 4.83. The Labute approximate surface area is 178 Å². The van der Waals surface area contributed by atoms with Crippen molar-refractivity contribution in [3.63, 3.8) is 0 Å². The average molecular weight is 415 g/mol. The van der Waals surface area contributed by atoms with Gasteiger partial charge in [0.25, 0.3) is 5.56 Å². The van der Waals surface area contributed by atoms with Crippen LogP contribution in [0.3, 0.4) is 0 Å². The molecule has 4 aromatic rings. The van der Waals surface area contributed by atoms with Gasteiger partial charge in [0.15, 0.2) is 5.78 Å². The topological polar surface area (TPSA) is 52.0 Å². The summed E-state index contributed by atoms with van der Waals surface area (Å²) < 4.78 is 1.46. The van der Waals surface area contributed by atoms with Crippen LogP contribution in [0.4, 0.5) is 0 Å². The Bertz CT molecular complexity index is 1300. The summed E-state index contributed by atoms with van der Waals surface area (Å²) in [5.41, 5.74) is 5.20. The van der Waals surface area contributed by atoms with Gasteiger partial charge in [-0.3, -0.25) is 14.2 Å². The van der Waals surface area contributed by atoms with Crippen molar-refractivity contribution in [3.8, 4) is 11.1 Å². The molecule has 0 aliphatic heterocycles. The van der Waals surface area contributed by atoms with Crippen LogP contribution in [0.1, 0.15) is 47.3 Å². The van der Waals surface area contributed by atoms with Gasteiger partial charge < -0.3 is 0 Å². The lowest BCUT2D eigenvalue weighted by Gasteiger charge is -2.17. The van der Waals surface area contributed by atoms with Crippen LogP contribution in [0, 0.1) is 0 Å². The minimum atomic E-state index is -0.618. The van der Waals surface area contributed by atoms with Crippen molar-refractivity contribution in [1.82, 2.24) is 9.55 Å². The zero-order chi connectivity index (χ0) is 20.7. The Morgan fingerprint density at radius 3 is 2.63 bits per heavy atom. The van der Waals surface area contributed by atoms with Crippen molar-refractivity contribution in [2.45, 2.75) is 38.6 Å². The van der Waals surface area contributed by atoms with Crippen LogP contribution in [0.2, 0.25) is 0 Å². The first-order valence-corrected chi connectivity index (χ1v) is 11.2. The number of rotatable bonds is 4. The van der Waals surface area contributed by atoms with E-state index >= 15 is 0 Å². The minimum Gasteiger partial charge on any atom is -0.292 e. The SMILES string of the molecule is C[C@H](C(=O)c1ccccc1)n1cnc2scc(-c3ccc4c(c3)CCCC4)c2c1=O. The van der Waals surface area contributed by atoms with E-state index in [4.69, 9.17) is 0 Å². The zero-order valence-corrected chi connectivity index (χ0v) is 17.6. The van der Waals surface area contributed by atoms with Gasteiger partial charge in [0, 0.05) is 16.5 Å². The molecular formula is C25H22N2O2S. The average Bonchev–Trinajstić information content (AvgIpc) is 3.24. The van der Waals surface area contributed by atoms with Gasteiger partial charge >= 0.3 is 0 Å². The van der Waals surface area contributed by atoms with E-state index in [1.54, 1.807) is 19.1 Å². The molecule has 2 aromatic heterocycles. The monoisotopic (exact) mass is 414 g/mol. The quantitative estimate of drug-likeness (QED) is 0.417. The molecule has 5 rings (SSSR count). The van der Waals surface area contributed by atoms with E-state index in [9.17, 15) is 9.59 Å². The first-order valence-electron chi connectivity index (χ1n) is 10.3. The fraction of sp³-hybridized carbons (Fsp3) is 0.240. The summed E-state index contributed by atoms with van der Waals surface area (Å²) in [6.07, 6.45) is 6.19. The molecule has 2 aromatic carbocycles. The first kappa shape index (κ1) is 18.9. The van der Waals surface area contributed by atoms with Crippen molar-refractivity contribution in [1.29, 1.82) is 0 Å². The number of hydrogen-bond donors (Lipinski definition) is 0. The maximum absolute atomic E-state index is 13.4. The Hall–Kier alpha value is -3.05. The lowest BCUT2D eigenvalue weighted by atomic mass is 9.89. The van der Waals surface area contributed by atoms with E-state index in [1.807, 2.05) is 23.6 Å². The summed E-state index contributed by atoms with van der Waals surface area (Å²) >= 11 is 1.48. The molecule has 0 bridgehead atoms. The number of aromatic nitrogens is 2. The van der Waals surface area contributed by atoms with E-state index in [2.05, 4.69) is 23.2 Å². The van der Waals surface area contributed by atoms with Gasteiger partial charge in [-0.15, -0.1) is 11.3 Å². The number of carbonyl (C=O) groups excluding carboxylic acids is 1. The number of aryl methyl sites for hydroxylation is 2. The fourth-order valence-corrected chi connectivity index (χ4v) is 5.21. The molecule has 0 saturated carbocycles. The second-order valence-corrected chi connectivity index (χ2v) is 8.74. The molecule has 2 heterocycles. The number of Topliss-reactive ketones (excluding diaryl/α,β-unsaturated/α-hetero) is 1. The van der Waals surface area contributed by atoms with Crippen LogP contribution < -0.4 is 5.56 Å². The Morgan fingerprint density at radius 2 is 1.83 bits per heavy atom. The number of fused-ring (bicyclic) bond motifs is 2. The van der Waals surface area contributed by atoms with Crippen molar-refractivity contribution < 1.29 is 4.79 Å². The molecule has 0 spiro atoms. The molecule has 0 unspecified atom stereocenters. The lowest BCUT2D eigenvalue weighted by molar-refractivity contribution is 0.0932. The third kappa shape index (κ3) is 3.19. The summed E-state index contributed by atoms with van der Waals surface area (Å²) in [5.74, 6) is -0.0931. The van der Waals surface area contributed by atoms with Crippen molar-refractivity contribution in [3.05, 3.63) is 87.3 Å². The van der Waals surface area contributed by atoms with Gasteiger partial charge in [0.2, 0.25) is 0 Å². The molecule has 0 radical (unpaired) electrons. The largest absolute Gasteiger partial charge is 0.292 e. The number of ketones is 1. The van der Waals surface area contributed by atoms with Gasteiger partial charge in [0.1, 0.15) is 4.83 Å². The maximum atomic E-state index is 13.4. The van der Waals surface area contributed by atoms with E-state index < -0.39 is 6.04 Å². The number of thiophene rings is 1. The number of benzene rings is 2. The second kappa shape index (κ2) is 7.65. The third-order valence-electron chi connectivity index (χ3n) is 6.03. The normalized spacial score (nSPS) is 14.4. The Balaban J connectivity index is 1.60. The molecule has 0 saturated heterocycles. The first-order chi connectivity index (χ1) is 14.6. The Morgan fingerprint density at radius 1 is 1.07 bits per heavy atom. The van der Waals surface area contributed by atoms with Gasteiger partial charge in [0.05, 0.1) is 17.8 Å². The second-order valence-electron chi connectivity index (χ2n) is 7.88. The van der Waals surface area contributed by atoms with Crippen LogP contribution in [-0.4, -0.2) is 15.3 Å². The molecule has 4 nitrogen and oxygen atoms in total. The molecule has 0 fully saturated rings. The fourth-order valence-electron chi connectivity index (χ4n) is 4.30. The van der Waals surface area contributed by atoms with Crippen LogP contribution in [-0.2, 0) is 12.8 Å². The zero-order valence-electron chi connectivity index (χ0n) is 16.8. The van der Waals surface area contributed by atoms with Gasteiger partial charge in [-0.2, -0.15) is 0 Å². The highest BCUT2D eigenvalue weighted by Crippen LogP contribution is 2.33. The molecule has 0 N–H and O–H groups in total. The van der Waals surface area contributed by atoms with Gasteiger partial charge in [-0.1, -0.05) is 48.5 Å². The van der Waals surface area contributed by atoms with E-state index in [0.29, 0.717) is 15.8 Å². The van der Waals surface area contributed by atoms with E-state index in [0.717, 1.165) is 24.0 Å². The van der Waals surface area contributed by atoms with Crippen LogP contribution in [0.5, 0.6) is 0 Å². The molecule has 0 amide bonds. The molecular weight excluding hydrogens is 392 g/mol. The van der Waals surface area contributed by atoms with Crippen LogP contribution in [0.25, 0.3) is 21.3 Å². The number of hydrogen-bond acceptors (Lipinski definition) is 4.